The molecule has 0 fully saturated rings. The number of carbonyl (C=O) groups is 1. The molecule has 1 heterocycles. The minimum Gasteiger partial charge on any atom is -0.345 e. The van der Waals surface area contributed by atoms with Crippen molar-refractivity contribution in [2.75, 3.05) is 13.6 Å². The molecule has 25 heavy (non-hydrogen) atoms. The average Bonchev–Trinajstić information content (AvgIpc) is 2.61. The highest BCUT2D eigenvalue weighted by atomic mass is 16.2. The quantitative estimate of drug-likeness (QED) is 0.710. The molecule has 3 aromatic rings. The van der Waals surface area contributed by atoms with Crippen molar-refractivity contribution >= 4 is 16.8 Å². The van der Waals surface area contributed by atoms with E-state index in [-0.39, 0.29) is 12.3 Å². The summed E-state index contributed by atoms with van der Waals surface area (Å²) in [6.45, 7) is 4.96. The summed E-state index contributed by atoms with van der Waals surface area (Å²) in [7, 11) is 1.85. The molecule has 4 nitrogen and oxygen atoms in total. The first-order chi connectivity index (χ1) is 12.0. The Morgan fingerprint density at radius 3 is 2.40 bits per heavy atom. The summed E-state index contributed by atoms with van der Waals surface area (Å²) < 4.78 is 0. The molecule has 0 bridgehead atoms. The van der Waals surface area contributed by atoms with Crippen molar-refractivity contribution in [3.05, 3.63) is 60.3 Å². The molecule has 0 spiro atoms. The van der Waals surface area contributed by atoms with Crippen molar-refractivity contribution in [1.29, 1.82) is 0 Å². The zero-order chi connectivity index (χ0) is 17.8. The Morgan fingerprint density at radius 1 is 1.00 bits per heavy atom. The molecule has 0 aliphatic carbocycles. The number of amides is 1. The predicted octanol–water partition coefficient (Wildman–Crippen LogP) is 3.95. The van der Waals surface area contributed by atoms with E-state index in [1.54, 1.807) is 4.90 Å². The van der Waals surface area contributed by atoms with Gasteiger partial charge in [-0.1, -0.05) is 62.4 Å². The molecular formula is C21H23N3O. The van der Waals surface area contributed by atoms with Gasteiger partial charge in [-0.2, -0.15) is 0 Å². The van der Waals surface area contributed by atoms with E-state index in [4.69, 9.17) is 4.98 Å². The van der Waals surface area contributed by atoms with E-state index in [0.29, 0.717) is 11.7 Å². The Hall–Kier alpha value is -2.75. The van der Waals surface area contributed by atoms with Crippen LogP contribution < -0.4 is 0 Å². The summed E-state index contributed by atoms with van der Waals surface area (Å²) in [5.41, 5.74) is 2.60. The first-order valence-corrected chi connectivity index (χ1v) is 8.59. The van der Waals surface area contributed by atoms with Crippen LogP contribution in [0.15, 0.2) is 54.6 Å². The molecule has 0 N–H and O–H groups in total. The minimum atomic E-state index is 0.0802. The van der Waals surface area contributed by atoms with E-state index in [1.165, 1.54) is 0 Å². The van der Waals surface area contributed by atoms with Crippen molar-refractivity contribution in [2.24, 2.45) is 5.92 Å². The molecule has 1 amide bonds. The summed E-state index contributed by atoms with van der Waals surface area (Å²) in [6.07, 6.45) is 0.284. The Labute approximate surface area is 148 Å². The van der Waals surface area contributed by atoms with Crippen LogP contribution >= 0.6 is 0 Å². The second kappa shape index (κ2) is 7.43. The van der Waals surface area contributed by atoms with Crippen molar-refractivity contribution in [2.45, 2.75) is 20.3 Å². The Bertz CT molecular complexity index is 875. The van der Waals surface area contributed by atoms with Crippen molar-refractivity contribution in [1.82, 2.24) is 14.9 Å². The van der Waals surface area contributed by atoms with Crippen LogP contribution in [0.3, 0.4) is 0 Å². The number of hydrogen-bond donors (Lipinski definition) is 0. The zero-order valence-corrected chi connectivity index (χ0v) is 14.9. The lowest BCUT2D eigenvalue weighted by Crippen LogP contribution is -2.31. The second-order valence-corrected chi connectivity index (χ2v) is 6.72. The first kappa shape index (κ1) is 17.1. The number of aromatic nitrogens is 2. The molecule has 1 aromatic heterocycles. The molecule has 0 saturated heterocycles. The number of hydrogen-bond acceptors (Lipinski definition) is 3. The number of nitrogens with zero attached hydrogens (tertiary/aromatic N) is 3. The van der Waals surface area contributed by atoms with Gasteiger partial charge in [-0.3, -0.25) is 4.79 Å². The number of benzene rings is 2. The van der Waals surface area contributed by atoms with Crippen LogP contribution in [-0.2, 0) is 11.2 Å². The summed E-state index contributed by atoms with van der Waals surface area (Å²) in [5, 5.41) is 0.938. The fourth-order valence-corrected chi connectivity index (χ4v) is 2.92. The van der Waals surface area contributed by atoms with Gasteiger partial charge in [0.2, 0.25) is 5.91 Å². The molecule has 0 atom stereocenters. The summed E-state index contributed by atoms with van der Waals surface area (Å²) in [5.74, 6) is 1.18. The molecule has 128 valence electrons. The van der Waals surface area contributed by atoms with Gasteiger partial charge in [0.25, 0.3) is 0 Å². The molecule has 0 aliphatic heterocycles. The first-order valence-electron chi connectivity index (χ1n) is 8.59. The smallest absolute Gasteiger partial charge is 0.228 e. The number of likely N-dealkylation sites (N-methyl/N-ethyl adjacent to an activating group) is 1. The lowest BCUT2D eigenvalue weighted by Gasteiger charge is -2.19. The minimum absolute atomic E-state index is 0.0802. The summed E-state index contributed by atoms with van der Waals surface area (Å²) >= 11 is 0. The average molecular weight is 333 g/mol. The lowest BCUT2D eigenvalue weighted by molar-refractivity contribution is -0.129. The van der Waals surface area contributed by atoms with E-state index in [0.717, 1.165) is 28.7 Å². The fourth-order valence-electron chi connectivity index (χ4n) is 2.92. The number of para-hydroxylation sites is 1. The number of rotatable bonds is 5. The van der Waals surface area contributed by atoms with Gasteiger partial charge in [0.1, 0.15) is 0 Å². The van der Waals surface area contributed by atoms with Gasteiger partial charge in [-0.05, 0) is 12.0 Å². The van der Waals surface area contributed by atoms with Crippen molar-refractivity contribution in [3.63, 3.8) is 0 Å². The molecule has 0 aliphatic rings. The van der Waals surface area contributed by atoms with Crippen LogP contribution in [-0.4, -0.2) is 34.4 Å². The number of fused-ring (bicyclic) bond motifs is 1. The van der Waals surface area contributed by atoms with Gasteiger partial charge in [-0.15, -0.1) is 0 Å². The molecule has 0 saturated carbocycles. The molecule has 2 aromatic carbocycles. The molecule has 4 heteroatoms. The Morgan fingerprint density at radius 2 is 1.68 bits per heavy atom. The Balaban J connectivity index is 2.00. The maximum atomic E-state index is 12.6. The van der Waals surface area contributed by atoms with Crippen LogP contribution in [0.4, 0.5) is 0 Å². The highest BCUT2D eigenvalue weighted by molar-refractivity contribution is 5.88. The van der Waals surface area contributed by atoms with E-state index in [1.807, 2.05) is 61.6 Å². The third-order valence-corrected chi connectivity index (χ3v) is 4.10. The van der Waals surface area contributed by atoms with Crippen LogP contribution in [0.1, 0.15) is 19.5 Å². The molecular weight excluding hydrogens is 310 g/mol. The molecule has 0 radical (unpaired) electrons. The van der Waals surface area contributed by atoms with Gasteiger partial charge in [0.05, 0.1) is 17.6 Å². The predicted molar refractivity (Wildman–Crippen MR) is 101 cm³/mol. The van der Waals surface area contributed by atoms with Crippen LogP contribution in [0.5, 0.6) is 0 Å². The van der Waals surface area contributed by atoms with E-state index in [9.17, 15) is 4.79 Å². The maximum Gasteiger partial charge on any atom is 0.228 e. The summed E-state index contributed by atoms with van der Waals surface area (Å²) in [4.78, 5) is 23.8. The van der Waals surface area contributed by atoms with Gasteiger partial charge in [-0.25, -0.2) is 9.97 Å². The normalized spacial score (nSPS) is 11.0. The monoisotopic (exact) mass is 333 g/mol. The van der Waals surface area contributed by atoms with E-state index < -0.39 is 0 Å². The largest absolute Gasteiger partial charge is 0.345 e. The van der Waals surface area contributed by atoms with Gasteiger partial charge in [0.15, 0.2) is 5.82 Å². The molecule has 3 rings (SSSR count). The third kappa shape index (κ3) is 4.02. The lowest BCUT2D eigenvalue weighted by atomic mass is 10.1. The van der Waals surface area contributed by atoms with Gasteiger partial charge in [0, 0.05) is 24.5 Å². The topological polar surface area (TPSA) is 46.1 Å². The SMILES string of the molecule is CC(C)CN(C)C(=O)Cc1nc(-c2ccccc2)nc2ccccc12. The van der Waals surface area contributed by atoms with Gasteiger partial charge < -0.3 is 4.90 Å². The zero-order valence-electron chi connectivity index (χ0n) is 14.9. The Kier molecular flexibility index (Phi) is 5.08. The maximum absolute atomic E-state index is 12.6. The highest BCUT2D eigenvalue weighted by Gasteiger charge is 2.16. The molecule has 0 unspecified atom stereocenters. The summed E-state index contributed by atoms with van der Waals surface area (Å²) in [6, 6.07) is 17.7. The fraction of sp³-hybridized carbons (Fsp3) is 0.286. The highest BCUT2D eigenvalue weighted by Crippen LogP contribution is 2.22. The van der Waals surface area contributed by atoms with Crippen molar-refractivity contribution in [3.8, 4) is 11.4 Å². The second-order valence-electron chi connectivity index (χ2n) is 6.72. The van der Waals surface area contributed by atoms with Crippen LogP contribution in [0, 0.1) is 5.92 Å². The van der Waals surface area contributed by atoms with Crippen molar-refractivity contribution < 1.29 is 4.79 Å². The standard InChI is InChI=1S/C21H23N3O/c1-15(2)14-24(3)20(25)13-19-17-11-7-8-12-18(17)22-21(23-19)16-9-5-4-6-10-16/h4-12,15H,13-14H2,1-3H3. The van der Waals surface area contributed by atoms with Crippen LogP contribution in [0.2, 0.25) is 0 Å². The van der Waals surface area contributed by atoms with Crippen LogP contribution in [0.25, 0.3) is 22.3 Å². The third-order valence-electron chi connectivity index (χ3n) is 4.10. The number of carbonyl (C=O) groups excluding carboxylic acids is 1. The van der Waals surface area contributed by atoms with E-state index >= 15 is 0 Å². The van der Waals surface area contributed by atoms with Gasteiger partial charge >= 0.3 is 0 Å². The van der Waals surface area contributed by atoms with E-state index in [2.05, 4.69) is 18.8 Å².